The van der Waals surface area contributed by atoms with Crippen LogP contribution < -0.4 is 10.1 Å². The maximum absolute atomic E-state index is 12.6. The van der Waals surface area contributed by atoms with Crippen molar-refractivity contribution >= 4 is 17.5 Å². The van der Waals surface area contributed by atoms with E-state index in [2.05, 4.69) is 10.1 Å². The molecule has 144 valence electrons. The van der Waals surface area contributed by atoms with E-state index in [1.54, 1.807) is 31.2 Å². The molecular weight excluding hydrogens is 361 g/mol. The Morgan fingerprint density at radius 3 is 2.48 bits per heavy atom. The van der Waals surface area contributed by atoms with Crippen LogP contribution in [0, 0.1) is 0 Å². The standard InChI is InChI=1S/C19H19F3N2O3/c1-3-17(25)23-15-9-6-8-13(11-15)18(26)24(2)12-14-7-4-5-10-16(14)27-19(20,21)22/h4-11H,3,12H2,1-2H3,(H,23,25). The van der Waals surface area contributed by atoms with Gasteiger partial charge in [-0.2, -0.15) is 0 Å². The Morgan fingerprint density at radius 1 is 1.11 bits per heavy atom. The normalized spacial score (nSPS) is 11.0. The number of hydrogen-bond acceptors (Lipinski definition) is 3. The van der Waals surface area contributed by atoms with Gasteiger partial charge in [0.1, 0.15) is 5.75 Å². The first-order valence-corrected chi connectivity index (χ1v) is 8.18. The molecule has 2 aromatic rings. The fourth-order valence-electron chi connectivity index (χ4n) is 2.39. The summed E-state index contributed by atoms with van der Waals surface area (Å²) in [6, 6.07) is 12.0. The van der Waals surface area contributed by atoms with Crippen LogP contribution in [0.4, 0.5) is 18.9 Å². The van der Waals surface area contributed by atoms with Gasteiger partial charge in [-0.1, -0.05) is 31.2 Å². The molecule has 2 rings (SSSR count). The highest BCUT2D eigenvalue weighted by molar-refractivity contribution is 5.97. The molecule has 0 aliphatic heterocycles. The van der Waals surface area contributed by atoms with Crippen LogP contribution in [0.25, 0.3) is 0 Å². The summed E-state index contributed by atoms with van der Waals surface area (Å²) >= 11 is 0. The minimum Gasteiger partial charge on any atom is -0.405 e. The molecule has 0 fully saturated rings. The van der Waals surface area contributed by atoms with Crippen molar-refractivity contribution in [1.82, 2.24) is 4.90 Å². The third-order valence-corrected chi connectivity index (χ3v) is 3.67. The number of carbonyl (C=O) groups is 2. The van der Waals surface area contributed by atoms with Gasteiger partial charge in [-0.05, 0) is 24.3 Å². The Morgan fingerprint density at radius 2 is 1.81 bits per heavy atom. The lowest BCUT2D eigenvalue weighted by molar-refractivity contribution is -0.275. The Kier molecular flexibility index (Phi) is 6.44. The second-order valence-corrected chi connectivity index (χ2v) is 5.80. The van der Waals surface area contributed by atoms with Crippen molar-refractivity contribution in [2.45, 2.75) is 26.3 Å². The molecule has 1 N–H and O–H groups in total. The quantitative estimate of drug-likeness (QED) is 0.817. The number of halogens is 3. The van der Waals surface area contributed by atoms with Gasteiger partial charge in [-0.3, -0.25) is 9.59 Å². The fourth-order valence-corrected chi connectivity index (χ4v) is 2.39. The van der Waals surface area contributed by atoms with E-state index in [0.29, 0.717) is 17.7 Å². The van der Waals surface area contributed by atoms with Crippen LogP contribution in [0.3, 0.4) is 0 Å². The van der Waals surface area contributed by atoms with Crippen LogP contribution in [-0.2, 0) is 11.3 Å². The lowest BCUT2D eigenvalue weighted by atomic mass is 10.1. The zero-order valence-corrected chi connectivity index (χ0v) is 14.8. The first-order valence-electron chi connectivity index (χ1n) is 8.18. The van der Waals surface area contributed by atoms with Crippen LogP contribution in [0.5, 0.6) is 5.75 Å². The van der Waals surface area contributed by atoms with Crippen molar-refractivity contribution in [2.24, 2.45) is 0 Å². The van der Waals surface area contributed by atoms with Crippen LogP contribution in [0.2, 0.25) is 0 Å². The monoisotopic (exact) mass is 380 g/mol. The molecule has 0 aliphatic carbocycles. The van der Waals surface area contributed by atoms with Gasteiger partial charge in [0.2, 0.25) is 5.91 Å². The first-order chi connectivity index (χ1) is 12.7. The summed E-state index contributed by atoms with van der Waals surface area (Å²) in [6.07, 6.45) is -4.52. The molecule has 0 aromatic heterocycles. The summed E-state index contributed by atoms with van der Waals surface area (Å²) in [5, 5.41) is 2.66. The topological polar surface area (TPSA) is 58.6 Å². The lowest BCUT2D eigenvalue weighted by Crippen LogP contribution is -2.27. The van der Waals surface area contributed by atoms with Gasteiger partial charge in [0, 0.05) is 36.8 Å². The molecule has 0 unspecified atom stereocenters. The number of anilines is 1. The highest BCUT2D eigenvalue weighted by atomic mass is 19.4. The largest absolute Gasteiger partial charge is 0.573 e. The van der Waals surface area contributed by atoms with Gasteiger partial charge in [0.25, 0.3) is 5.91 Å². The number of rotatable bonds is 6. The van der Waals surface area contributed by atoms with Gasteiger partial charge < -0.3 is 15.0 Å². The maximum Gasteiger partial charge on any atom is 0.573 e. The van der Waals surface area contributed by atoms with Gasteiger partial charge in [0.05, 0.1) is 0 Å². The second-order valence-electron chi connectivity index (χ2n) is 5.80. The van der Waals surface area contributed by atoms with Crippen LogP contribution in [0.15, 0.2) is 48.5 Å². The van der Waals surface area contributed by atoms with Crippen molar-refractivity contribution in [3.05, 3.63) is 59.7 Å². The van der Waals surface area contributed by atoms with E-state index in [1.165, 1.54) is 36.2 Å². The van der Waals surface area contributed by atoms with Gasteiger partial charge in [-0.15, -0.1) is 13.2 Å². The molecule has 2 amide bonds. The highest BCUT2D eigenvalue weighted by Gasteiger charge is 2.32. The molecule has 0 bridgehead atoms. The smallest absolute Gasteiger partial charge is 0.405 e. The van der Waals surface area contributed by atoms with Crippen LogP contribution in [-0.4, -0.2) is 30.1 Å². The Balaban J connectivity index is 2.15. The van der Waals surface area contributed by atoms with Gasteiger partial charge in [0.15, 0.2) is 0 Å². The fraction of sp³-hybridized carbons (Fsp3) is 0.263. The summed E-state index contributed by atoms with van der Waals surface area (Å²) in [5.41, 5.74) is 1.00. The van der Waals surface area contributed by atoms with Crippen molar-refractivity contribution < 1.29 is 27.5 Å². The summed E-state index contributed by atoms with van der Waals surface area (Å²) < 4.78 is 41.6. The van der Waals surface area contributed by atoms with E-state index in [9.17, 15) is 22.8 Å². The molecule has 5 nitrogen and oxygen atoms in total. The van der Waals surface area contributed by atoms with E-state index in [-0.39, 0.29) is 23.8 Å². The lowest BCUT2D eigenvalue weighted by Gasteiger charge is -2.20. The summed E-state index contributed by atoms with van der Waals surface area (Å²) in [5.74, 6) is -0.941. The number of carbonyl (C=O) groups excluding carboxylic acids is 2. The molecule has 0 saturated heterocycles. The molecule has 2 aromatic carbocycles. The minimum absolute atomic E-state index is 0.0728. The number of ether oxygens (including phenoxy) is 1. The zero-order chi connectivity index (χ0) is 20.0. The van der Waals surface area contributed by atoms with Crippen LogP contribution in [0.1, 0.15) is 29.3 Å². The number of benzene rings is 2. The van der Waals surface area contributed by atoms with Crippen molar-refractivity contribution in [3.8, 4) is 5.75 Å². The van der Waals surface area contributed by atoms with E-state index >= 15 is 0 Å². The number of amides is 2. The number of nitrogens with zero attached hydrogens (tertiary/aromatic N) is 1. The third kappa shape index (κ3) is 6.02. The average Bonchev–Trinajstić information content (AvgIpc) is 2.61. The molecule has 0 atom stereocenters. The molecule has 0 spiro atoms. The number of alkyl halides is 3. The summed E-state index contributed by atoms with van der Waals surface area (Å²) in [6.45, 7) is 1.63. The van der Waals surface area contributed by atoms with Crippen molar-refractivity contribution in [1.29, 1.82) is 0 Å². The molecule has 8 heteroatoms. The average molecular weight is 380 g/mol. The Hall–Kier alpha value is -3.03. The van der Waals surface area contributed by atoms with E-state index in [0.717, 1.165) is 0 Å². The minimum atomic E-state index is -4.81. The van der Waals surface area contributed by atoms with Gasteiger partial charge in [-0.25, -0.2) is 0 Å². The van der Waals surface area contributed by atoms with E-state index < -0.39 is 12.3 Å². The van der Waals surface area contributed by atoms with E-state index in [4.69, 9.17) is 0 Å². The number of nitrogens with one attached hydrogen (secondary N) is 1. The number of hydrogen-bond donors (Lipinski definition) is 1. The van der Waals surface area contributed by atoms with Crippen LogP contribution >= 0.6 is 0 Å². The molecule has 0 radical (unpaired) electrons. The first kappa shape index (κ1) is 20.3. The maximum atomic E-state index is 12.6. The third-order valence-electron chi connectivity index (χ3n) is 3.67. The van der Waals surface area contributed by atoms with E-state index in [1.807, 2.05) is 0 Å². The zero-order valence-electron chi connectivity index (χ0n) is 14.8. The highest BCUT2D eigenvalue weighted by Crippen LogP contribution is 2.27. The molecular formula is C19H19F3N2O3. The predicted molar refractivity (Wildman–Crippen MR) is 94.3 cm³/mol. The SMILES string of the molecule is CCC(=O)Nc1cccc(C(=O)N(C)Cc2ccccc2OC(F)(F)F)c1. The predicted octanol–water partition coefficient (Wildman–Crippen LogP) is 4.21. The van der Waals surface area contributed by atoms with Crippen molar-refractivity contribution in [3.63, 3.8) is 0 Å². The second kappa shape index (κ2) is 8.57. The Bertz CT molecular complexity index is 822. The summed E-state index contributed by atoms with van der Waals surface area (Å²) in [4.78, 5) is 25.4. The summed E-state index contributed by atoms with van der Waals surface area (Å²) in [7, 11) is 1.48. The Labute approximate surface area is 154 Å². The van der Waals surface area contributed by atoms with Gasteiger partial charge >= 0.3 is 6.36 Å². The molecule has 0 saturated carbocycles. The number of para-hydroxylation sites is 1. The molecule has 0 aliphatic rings. The van der Waals surface area contributed by atoms with Crippen molar-refractivity contribution in [2.75, 3.05) is 12.4 Å². The molecule has 27 heavy (non-hydrogen) atoms. The molecule has 0 heterocycles.